The summed E-state index contributed by atoms with van der Waals surface area (Å²) in [6.07, 6.45) is 3.43. The molecule has 2 aliphatic heterocycles. The van der Waals surface area contributed by atoms with Gasteiger partial charge in [-0.25, -0.2) is 0 Å². The predicted octanol–water partition coefficient (Wildman–Crippen LogP) is 4.22. The molecule has 1 N–H and O–H groups in total. The molecule has 2 atom stereocenters. The van der Waals surface area contributed by atoms with Gasteiger partial charge in [0.05, 0.1) is 13.7 Å². The normalized spacial score (nSPS) is 21.6. The van der Waals surface area contributed by atoms with Gasteiger partial charge in [0.1, 0.15) is 11.5 Å². The molecule has 2 heterocycles. The van der Waals surface area contributed by atoms with Gasteiger partial charge in [0.25, 0.3) is 5.91 Å². The number of nitrogens with zero attached hydrogens (tertiary/aromatic N) is 1. The van der Waals surface area contributed by atoms with Crippen molar-refractivity contribution in [1.29, 1.82) is 0 Å². The topological polar surface area (TPSA) is 50.8 Å². The first-order valence-electron chi connectivity index (χ1n) is 11.1. The number of nitrogens with one attached hydrogen (secondary N) is 1. The Hall–Kier alpha value is -2.53. The summed E-state index contributed by atoms with van der Waals surface area (Å²) in [4.78, 5) is 14.6. The first-order chi connectivity index (χ1) is 14.7. The number of likely N-dealkylation sites (tertiary alicyclic amines) is 1. The van der Waals surface area contributed by atoms with E-state index < -0.39 is 0 Å². The summed E-state index contributed by atoms with van der Waals surface area (Å²) >= 11 is 0. The van der Waals surface area contributed by atoms with Crippen LogP contribution in [0.3, 0.4) is 0 Å². The Morgan fingerprint density at radius 2 is 1.83 bits per heavy atom. The fourth-order valence-electron chi connectivity index (χ4n) is 4.73. The van der Waals surface area contributed by atoms with Crippen molar-refractivity contribution in [2.24, 2.45) is 5.92 Å². The number of amides is 1. The highest BCUT2D eigenvalue weighted by molar-refractivity contribution is 5.98. The molecular weight excluding hydrogens is 376 g/mol. The molecule has 30 heavy (non-hydrogen) atoms. The number of methoxy groups -OCH3 is 1. The van der Waals surface area contributed by atoms with Gasteiger partial charge in [-0.05, 0) is 80.2 Å². The average molecular weight is 409 g/mol. The zero-order valence-electron chi connectivity index (χ0n) is 18.0. The average Bonchev–Trinajstić information content (AvgIpc) is 3.02. The molecule has 1 fully saturated rings. The summed E-state index contributed by atoms with van der Waals surface area (Å²) in [6, 6.07) is 14.4. The molecule has 2 aliphatic rings. The molecule has 4 rings (SSSR count). The molecule has 0 spiro atoms. The quantitative estimate of drug-likeness (QED) is 0.745. The van der Waals surface area contributed by atoms with Crippen LogP contribution in [0, 0.1) is 5.92 Å². The lowest BCUT2D eigenvalue weighted by molar-refractivity contribution is 0.0965. The van der Waals surface area contributed by atoms with Crippen LogP contribution in [-0.2, 0) is 6.54 Å². The fraction of sp³-hybridized carbons (Fsp3) is 0.480. The van der Waals surface area contributed by atoms with Gasteiger partial charge in [0.2, 0.25) is 0 Å². The van der Waals surface area contributed by atoms with Crippen molar-refractivity contribution < 1.29 is 14.3 Å². The minimum Gasteiger partial charge on any atom is -0.497 e. The second kappa shape index (κ2) is 9.52. The van der Waals surface area contributed by atoms with Crippen LogP contribution in [0.25, 0.3) is 0 Å². The third-order valence-corrected chi connectivity index (χ3v) is 6.45. The van der Waals surface area contributed by atoms with Crippen LogP contribution in [-0.4, -0.2) is 44.2 Å². The lowest BCUT2D eigenvalue weighted by Gasteiger charge is -2.25. The second-order valence-electron chi connectivity index (χ2n) is 8.37. The molecular formula is C25H32N2O3. The Morgan fingerprint density at radius 1 is 1.07 bits per heavy atom. The third kappa shape index (κ3) is 4.62. The standard InChI is InChI=1S/C25H32N2O3/c1-3-12-27-13-10-20(23(11-14-27)18-4-7-21(29-2)8-5-18)17-30-22-9-6-19-16-26-25(28)24(19)15-22/h4-9,15,20,23H,3,10-14,16-17H2,1-2H3,(H,26,28)/t20-,23-/m0/s1. The fourth-order valence-corrected chi connectivity index (χ4v) is 4.73. The number of fused-ring (bicyclic) bond motifs is 1. The maximum atomic E-state index is 12.0. The van der Waals surface area contributed by atoms with Crippen molar-refractivity contribution in [1.82, 2.24) is 10.2 Å². The Morgan fingerprint density at radius 3 is 2.60 bits per heavy atom. The molecule has 5 nitrogen and oxygen atoms in total. The van der Waals surface area contributed by atoms with Crippen molar-refractivity contribution in [3.05, 3.63) is 59.2 Å². The van der Waals surface area contributed by atoms with Crippen molar-refractivity contribution in [2.75, 3.05) is 33.4 Å². The first kappa shape index (κ1) is 20.7. The Bertz CT molecular complexity index is 865. The van der Waals surface area contributed by atoms with Gasteiger partial charge in [-0.2, -0.15) is 0 Å². The van der Waals surface area contributed by atoms with Crippen molar-refractivity contribution in [3.63, 3.8) is 0 Å². The third-order valence-electron chi connectivity index (χ3n) is 6.45. The molecule has 0 aliphatic carbocycles. The van der Waals surface area contributed by atoms with E-state index in [1.54, 1.807) is 7.11 Å². The van der Waals surface area contributed by atoms with Crippen molar-refractivity contribution in [2.45, 2.75) is 38.6 Å². The number of ether oxygens (including phenoxy) is 2. The molecule has 0 aromatic heterocycles. The summed E-state index contributed by atoms with van der Waals surface area (Å²) < 4.78 is 11.6. The van der Waals surface area contributed by atoms with Crippen LogP contribution in [0.15, 0.2) is 42.5 Å². The van der Waals surface area contributed by atoms with Crippen molar-refractivity contribution >= 4 is 5.91 Å². The largest absolute Gasteiger partial charge is 0.497 e. The van der Waals surface area contributed by atoms with E-state index in [4.69, 9.17) is 9.47 Å². The van der Waals surface area contributed by atoms with Crippen LogP contribution in [0.1, 0.15) is 53.6 Å². The molecule has 2 aromatic carbocycles. The highest BCUT2D eigenvalue weighted by atomic mass is 16.5. The minimum atomic E-state index is -0.00349. The Kier molecular flexibility index (Phi) is 6.58. The first-order valence-corrected chi connectivity index (χ1v) is 11.1. The van der Waals surface area contributed by atoms with Gasteiger partial charge in [0, 0.05) is 18.0 Å². The Labute approximate surface area is 179 Å². The summed E-state index contributed by atoms with van der Waals surface area (Å²) in [5.74, 6) is 2.56. The molecule has 0 radical (unpaired) electrons. The van der Waals surface area contributed by atoms with Crippen LogP contribution >= 0.6 is 0 Å². The van der Waals surface area contributed by atoms with Gasteiger partial charge in [-0.3, -0.25) is 4.79 Å². The molecule has 2 aromatic rings. The van der Waals surface area contributed by atoms with Crippen LogP contribution in [0.5, 0.6) is 11.5 Å². The smallest absolute Gasteiger partial charge is 0.252 e. The summed E-state index contributed by atoms with van der Waals surface area (Å²) in [6.45, 7) is 6.92. The zero-order valence-corrected chi connectivity index (χ0v) is 18.0. The molecule has 1 saturated heterocycles. The molecule has 0 bridgehead atoms. The van der Waals surface area contributed by atoms with E-state index in [0.29, 0.717) is 25.0 Å². The highest BCUT2D eigenvalue weighted by Crippen LogP contribution is 2.35. The Balaban J connectivity index is 1.49. The molecule has 5 heteroatoms. The minimum absolute atomic E-state index is 0.00349. The van der Waals surface area contributed by atoms with Gasteiger partial charge >= 0.3 is 0 Å². The van der Waals surface area contributed by atoms with Crippen LogP contribution in [0.4, 0.5) is 0 Å². The molecule has 0 unspecified atom stereocenters. The van der Waals surface area contributed by atoms with Crippen LogP contribution in [0.2, 0.25) is 0 Å². The van der Waals surface area contributed by atoms with E-state index in [1.807, 2.05) is 18.2 Å². The van der Waals surface area contributed by atoms with Gasteiger partial charge in [-0.15, -0.1) is 0 Å². The summed E-state index contributed by atoms with van der Waals surface area (Å²) in [5, 5.41) is 2.87. The van der Waals surface area contributed by atoms with Gasteiger partial charge in [0.15, 0.2) is 0 Å². The SMILES string of the molecule is CCCN1CC[C@@H](COc2ccc3c(c2)C(=O)NC3)[C@H](c2ccc(OC)cc2)CC1. The van der Waals surface area contributed by atoms with E-state index in [-0.39, 0.29) is 5.91 Å². The van der Waals surface area contributed by atoms with E-state index in [0.717, 1.165) is 55.1 Å². The number of benzene rings is 2. The molecule has 0 saturated carbocycles. The van der Waals surface area contributed by atoms with Gasteiger partial charge in [-0.1, -0.05) is 25.1 Å². The predicted molar refractivity (Wildman–Crippen MR) is 118 cm³/mol. The lowest BCUT2D eigenvalue weighted by atomic mass is 9.83. The highest BCUT2D eigenvalue weighted by Gasteiger charge is 2.28. The van der Waals surface area contributed by atoms with E-state index >= 15 is 0 Å². The monoisotopic (exact) mass is 408 g/mol. The van der Waals surface area contributed by atoms with E-state index in [1.165, 1.54) is 12.0 Å². The van der Waals surface area contributed by atoms with E-state index in [9.17, 15) is 4.79 Å². The molecule has 1 amide bonds. The lowest BCUT2D eigenvalue weighted by Crippen LogP contribution is -2.25. The number of carbonyl (C=O) groups is 1. The van der Waals surface area contributed by atoms with Crippen molar-refractivity contribution in [3.8, 4) is 11.5 Å². The number of carbonyl (C=O) groups excluding carboxylic acids is 1. The number of hydrogen-bond donors (Lipinski definition) is 1. The van der Waals surface area contributed by atoms with E-state index in [2.05, 4.69) is 41.4 Å². The molecule has 160 valence electrons. The maximum absolute atomic E-state index is 12.0. The maximum Gasteiger partial charge on any atom is 0.252 e. The summed E-state index contributed by atoms with van der Waals surface area (Å²) in [7, 11) is 1.71. The number of hydrogen-bond acceptors (Lipinski definition) is 4. The van der Waals surface area contributed by atoms with Crippen LogP contribution < -0.4 is 14.8 Å². The van der Waals surface area contributed by atoms with Gasteiger partial charge < -0.3 is 19.7 Å². The summed E-state index contributed by atoms with van der Waals surface area (Å²) in [5.41, 5.74) is 3.15. The zero-order chi connectivity index (χ0) is 20.9. The second-order valence-corrected chi connectivity index (χ2v) is 8.37. The number of rotatable bonds is 7.